The van der Waals surface area contributed by atoms with Crippen molar-refractivity contribution in [2.45, 2.75) is 13.0 Å². The molecule has 3 rings (SSSR count). The molecule has 0 saturated heterocycles. The van der Waals surface area contributed by atoms with Crippen LogP contribution in [0.25, 0.3) is 10.9 Å². The predicted molar refractivity (Wildman–Crippen MR) is 86.3 cm³/mol. The standard InChI is InChI=1S/C18H11F4NO3/c19-10-4-9(15(22)6-11(20)5-10)7-23-8-13(18(25)26)17(24)12-2-1-3-14(21)16(12)23/h1-3,5-6,8H,4,7H2,(H,25,26). The molecule has 1 aliphatic carbocycles. The van der Waals surface area contributed by atoms with Crippen LogP contribution in [-0.2, 0) is 6.54 Å². The number of rotatable bonds is 3. The van der Waals surface area contributed by atoms with E-state index in [9.17, 15) is 32.3 Å². The number of pyridine rings is 1. The van der Waals surface area contributed by atoms with Gasteiger partial charge < -0.3 is 9.67 Å². The summed E-state index contributed by atoms with van der Waals surface area (Å²) < 4.78 is 56.3. The zero-order chi connectivity index (χ0) is 19.0. The first kappa shape index (κ1) is 17.7. The van der Waals surface area contributed by atoms with Crippen LogP contribution in [0.3, 0.4) is 0 Å². The average molecular weight is 365 g/mol. The van der Waals surface area contributed by atoms with E-state index in [-0.39, 0.29) is 16.5 Å². The largest absolute Gasteiger partial charge is 0.477 e. The van der Waals surface area contributed by atoms with E-state index in [1.807, 2.05) is 0 Å². The number of aromatic carboxylic acids is 1. The zero-order valence-electron chi connectivity index (χ0n) is 13.1. The van der Waals surface area contributed by atoms with Gasteiger partial charge in [-0.2, -0.15) is 0 Å². The quantitative estimate of drug-likeness (QED) is 0.831. The SMILES string of the molecule is O=C(O)c1cn(CC2=C(F)C=C(F)C=C(F)C2)c2c(F)cccc2c1=O. The smallest absolute Gasteiger partial charge is 0.341 e. The van der Waals surface area contributed by atoms with E-state index in [0.29, 0.717) is 12.2 Å². The van der Waals surface area contributed by atoms with Crippen LogP contribution in [0.1, 0.15) is 16.8 Å². The van der Waals surface area contributed by atoms with Crippen LogP contribution >= 0.6 is 0 Å². The summed E-state index contributed by atoms with van der Waals surface area (Å²) in [4.78, 5) is 23.5. The molecule has 1 N–H and O–H groups in total. The lowest BCUT2D eigenvalue weighted by molar-refractivity contribution is 0.0695. The van der Waals surface area contributed by atoms with Crippen molar-refractivity contribution in [3.8, 4) is 0 Å². The van der Waals surface area contributed by atoms with Crippen LogP contribution in [0.2, 0.25) is 0 Å². The third kappa shape index (κ3) is 3.17. The number of para-hydroxylation sites is 1. The predicted octanol–water partition coefficient (Wildman–Crippen LogP) is 4.17. The summed E-state index contributed by atoms with van der Waals surface area (Å²) in [6, 6.07) is 3.53. The molecule has 4 nitrogen and oxygen atoms in total. The van der Waals surface area contributed by atoms with Crippen molar-refractivity contribution < 1.29 is 27.5 Å². The number of nitrogens with zero attached hydrogens (tertiary/aromatic N) is 1. The van der Waals surface area contributed by atoms with Gasteiger partial charge in [-0.25, -0.2) is 22.4 Å². The summed E-state index contributed by atoms with van der Waals surface area (Å²) in [5.74, 6) is -5.47. The number of carboxylic acid groups (broad SMARTS) is 1. The Morgan fingerprint density at radius 2 is 1.88 bits per heavy atom. The summed E-state index contributed by atoms with van der Waals surface area (Å²) in [5.41, 5.74) is -2.01. The number of hydrogen-bond acceptors (Lipinski definition) is 2. The number of aromatic nitrogens is 1. The number of benzene rings is 1. The maximum absolute atomic E-state index is 14.3. The van der Waals surface area contributed by atoms with E-state index in [2.05, 4.69) is 0 Å². The Labute approximate surface area is 144 Å². The Hall–Kier alpha value is -3.16. The van der Waals surface area contributed by atoms with Crippen LogP contribution in [0.5, 0.6) is 0 Å². The van der Waals surface area contributed by atoms with E-state index in [1.54, 1.807) is 0 Å². The van der Waals surface area contributed by atoms with Gasteiger partial charge in [0, 0.05) is 36.7 Å². The number of allylic oxidation sites excluding steroid dienone is 6. The third-order valence-corrected chi connectivity index (χ3v) is 3.92. The monoisotopic (exact) mass is 365 g/mol. The topological polar surface area (TPSA) is 59.3 Å². The molecule has 1 aromatic carbocycles. The third-order valence-electron chi connectivity index (χ3n) is 3.92. The lowest BCUT2D eigenvalue weighted by Gasteiger charge is -2.15. The first-order chi connectivity index (χ1) is 12.3. The second kappa shape index (κ2) is 6.62. The number of carbonyl (C=O) groups is 1. The molecule has 0 amide bonds. The molecule has 2 aromatic rings. The van der Waals surface area contributed by atoms with E-state index in [1.165, 1.54) is 12.1 Å². The van der Waals surface area contributed by atoms with Crippen molar-refractivity contribution in [1.82, 2.24) is 4.57 Å². The maximum Gasteiger partial charge on any atom is 0.341 e. The lowest BCUT2D eigenvalue weighted by Crippen LogP contribution is -2.20. The van der Waals surface area contributed by atoms with E-state index < -0.39 is 53.2 Å². The second-order valence-electron chi connectivity index (χ2n) is 5.69. The number of hydrogen-bond donors (Lipinski definition) is 1. The molecule has 134 valence electrons. The fraction of sp³-hybridized carbons (Fsp3) is 0.111. The average Bonchev–Trinajstić information content (AvgIpc) is 2.67. The van der Waals surface area contributed by atoms with Gasteiger partial charge in [0.05, 0.1) is 5.52 Å². The van der Waals surface area contributed by atoms with Gasteiger partial charge in [0.2, 0.25) is 5.43 Å². The lowest BCUT2D eigenvalue weighted by atomic mass is 10.1. The summed E-state index contributed by atoms with van der Waals surface area (Å²) in [7, 11) is 0. The molecule has 0 radical (unpaired) electrons. The minimum atomic E-state index is -1.54. The Kier molecular flexibility index (Phi) is 4.50. The Balaban J connectivity index is 2.24. The maximum atomic E-state index is 14.3. The van der Waals surface area contributed by atoms with Crippen molar-refractivity contribution in [3.05, 3.63) is 81.2 Å². The molecule has 26 heavy (non-hydrogen) atoms. The summed E-state index contributed by atoms with van der Waals surface area (Å²) in [5, 5.41) is 8.97. The first-order valence-electron chi connectivity index (χ1n) is 7.43. The molecule has 0 aliphatic heterocycles. The molecule has 0 fully saturated rings. The van der Waals surface area contributed by atoms with Gasteiger partial charge in [-0.1, -0.05) is 6.07 Å². The molecule has 1 heterocycles. The van der Waals surface area contributed by atoms with Gasteiger partial charge in [0.15, 0.2) is 0 Å². The molecule has 0 atom stereocenters. The minimum absolute atomic E-state index is 0.211. The van der Waals surface area contributed by atoms with Crippen molar-refractivity contribution in [2.75, 3.05) is 0 Å². The number of halogens is 4. The van der Waals surface area contributed by atoms with E-state index >= 15 is 0 Å². The molecule has 1 aromatic heterocycles. The van der Waals surface area contributed by atoms with Crippen molar-refractivity contribution >= 4 is 16.9 Å². The van der Waals surface area contributed by atoms with Gasteiger partial charge in [-0.05, 0) is 17.7 Å². The summed E-state index contributed by atoms with van der Waals surface area (Å²) >= 11 is 0. The normalized spacial score (nSPS) is 14.9. The fourth-order valence-corrected chi connectivity index (χ4v) is 2.78. The van der Waals surface area contributed by atoms with Gasteiger partial charge in [0.1, 0.15) is 28.9 Å². The second-order valence-corrected chi connectivity index (χ2v) is 5.69. The van der Waals surface area contributed by atoms with E-state index in [4.69, 9.17) is 0 Å². The molecular weight excluding hydrogens is 354 g/mol. The highest BCUT2D eigenvalue weighted by molar-refractivity contribution is 5.92. The molecule has 0 unspecified atom stereocenters. The number of fused-ring (bicyclic) bond motifs is 1. The first-order valence-corrected chi connectivity index (χ1v) is 7.43. The Morgan fingerprint density at radius 1 is 1.15 bits per heavy atom. The molecule has 1 aliphatic rings. The molecule has 0 saturated carbocycles. The summed E-state index contributed by atoms with van der Waals surface area (Å²) in [6.45, 7) is -0.463. The molecular formula is C18H11F4NO3. The van der Waals surface area contributed by atoms with Crippen LogP contribution < -0.4 is 5.43 Å². The zero-order valence-corrected chi connectivity index (χ0v) is 13.1. The number of carboxylic acids is 1. The minimum Gasteiger partial charge on any atom is -0.477 e. The highest BCUT2D eigenvalue weighted by Crippen LogP contribution is 2.27. The Morgan fingerprint density at radius 3 is 2.58 bits per heavy atom. The molecule has 0 bridgehead atoms. The summed E-state index contributed by atoms with van der Waals surface area (Å²) in [6.07, 6.45) is 1.31. The van der Waals surface area contributed by atoms with Gasteiger partial charge in [-0.3, -0.25) is 4.79 Å². The Bertz CT molecular complexity index is 1080. The van der Waals surface area contributed by atoms with Crippen LogP contribution in [-0.4, -0.2) is 15.6 Å². The highest BCUT2D eigenvalue weighted by Gasteiger charge is 2.20. The van der Waals surface area contributed by atoms with Crippen molar-refractivity contribution in [3.63, 3.8) is 0 Å². The van der Waals surface area contributed by atoms with Gasteiger partial charge >= 0.3 is 5.97 Å². The van der Waals surface area contributed by atoms with Gasteiger partial charge in [0.25, 0.3) is 0 Å². The fourth-order valence-electron chi connectivity index (χ4n) is 2.78. The van der Waals surface area contributed by atoms with Crippen molar-refractivity contribution in [2.24, 2.45) is 0 Å². The molecule has 8 heteroatoms. The van der Waals surface area contributed by atoms with Crippen molar-refractivity contribution in [1.29, 1.82) is 0 Å². The molecule has 0 spiro atoms. The highest BCUT2D eigenvalue weighted by atomic mass is 19.1. The van der Waals surface area contributed by atoms with Crippen LogP contribution in [0.4, 0.5) is 17.6 Å². The van der Waals surface area contributed by atoms with Crippen LogP contribution in [0, 0.1) is 5.82 Å². The van der Waals surface area contributed by atoms with Crippen LogP contribution in [0.15, 0.2) is 64.4 Å². The van der Waals surface area contributed by atoms with Gasteiger partial charge in [-0.15, -0.1) is 0 Å². The van der Waals surface area contributed by atoms with E-state index in [0.717, 1.165) is 16.8 Å².